The fourth-order valence-electron chi connectivity index (χ4n) is 2.15. The number of oxime groups is 1. The van der Waals surface area contributed by atoms with E-state index in [0.29, 0.717) is 18.6 Å². The highest BCUT2D eigenvalue weighted by molar-refractivity contribution is 5.97. The maximum Gasteiger partial charge on any atom is 0.343 e. The molecule has 0 heterocycles. The van der Waals surface area contributed by atoms with Gasteiger partial charge in [0.2, 0.25) is 5.90 Å². The third-order valence-corrected chi connectivity index (χ3v) is 3.56. The molecule has 0 unspecified atom stereocenters. The number of ether oxygens (including phenoxy) is 2. The van der Waals surface area contributed by atoms with Gasteiger partial charge in [0.1, 0.15) is 0 Å². The Morgan fingerprint density at radius 3 is 2.09 bits per heavy atom. The van der Waals surface area contributed by atoms with E-state index in [-0.39, 0.29) is 5.90 Å². The van der Waals surface area contributed by atoms with Gasteiger partial charge in [-0.15, -0.1) is 0 Å². The van der Waals surface area contributed by atoms with Gasteiger partial charge in [-0.3, -0.25) is 0 Å². The maximum atomic E-state index is 11.7. The third-order valence-electron chi connectivity index (χ3n) is 3.56. The van der Waals surface area contributed by atoms with Crippen molar-refractivity contribution in [2.45, 2.75) is 85.0 Å². The monoisotopic (exact) mass is 327 g/mol. The van der Waals surface area contributed by atoms with Crippen molar-refractivity contribution < 1.29 is 19.5 Å². The third kappa shape index (κ3) is 12.7. The summed E-state index contributed by atoms with van der Waals surface area (Å²) in [5, 5.41) is 12.0. The Morgan fingerprint density at radius 2 is 1.57 bits per heavy atom. The summed E-state index contributed by atoms with van der Waals surface area (Å²) in [5.41, 5.74) is 0.347. The first-order valence-electron chi connectivity index (χ1n) is 8.87. The summed E-state index contributed by atoms with van der Waals surface area (Å²) in [6.45, 7) is 6.15. The number of hydrogen-bond acceptors (Lipinski definition) is 5. The number of hydrogen-bond donors (Lipinski definition) is 1. The Balaban J connectivity index is 3.76. The highest BCUT2D eigenvalue weighted by atomic mass is 16.6. The standard InChI is InChI=1S/C18H33NO4/c1-4-6-7-8-9-10-11-12-13-14-17(19-21)23-18(20)16(3)15-22-5-2/h15,21H,4-14H2,1-3H3. The van der Waals surface area contributed by atoms with Crippen molar-refractivity contribution in [3.63, 3.8) is 0 Å². The number of nitrogens with zero attached hydrogens (tertiary/aromatic N) is 1. The molecule has 23 heavy (non-hydrogen) atoms. The zero-order valence-corrected chi connectivity index (χ0v) is 15.0. The van der Waals surface area contributed by atoms with Gasteiger partial charge in [-0.1, -0.05) is 63.4 Å². The maximum absolute atomic E-state index is 11.7. The predicted molar refractivity (Wildman–Crippen MR) is 92.5 cm³/mol. The molecule has 0 aliphatic heterocycles. The molecule has 0 spiro atoms. The largest absolute Gasteiger partial charge is 0.501 e. The molecule has 0 aromatic heterocycles. The molecule has 0 bridgehead atoms. The fourth-order valence-corrected chi connectivity index (χ4v) is 2.15. The summed E-state index contributed by atoms with van der Waals surface area (Å²) in [6.07, 6.45) is 12.7. The fraction of sp³-hybridized carbons (Fsp3) is 0.778. The molecule has 0 amide bonds. The zero-order chi connectivity index (χ0) is 17.3. The van der Waals surface area contributed by atoms with E-state index in [2.05, 4.69) is 12.1 Å². The van der Waals surface area contributed by atoms with Crippen LogP contribution in [0, 0.1) is 0 Å². The first kappa shape index (κ1) is 21.5. The van der Waals surface area contributed by atoms with Crippen LogP contribution in [0.5, 0.6) is 0 Å². The zero-order valence-electron chi connectivity index (χ0n) is 15.0. The molecule has 1 N–H and O–H groups in total. The van der Waals surface area contributed by atoms with Crippen LogP contribution in [0.25, 0.3) is 0 Å². The van der Waals surface area contributed by atoms with Gasteiger partial charge >= 0.3 is 5.97 Å². The molecule has 134 valence electrons. The second kappa shape index (κ2) is 15.4. The smallest absolute Gasteiger partial charge is 0.343 e. The molecule has 0 radical (unpaired) electrons. The van der Waals surface area contributed by atoms with Gasteiger partial charge in [0.25, 0.3) is 0 Å². The van der Waals surface area contributed by atoms with E-state index in [1.54, 1.807) is 6.92 Å². The van der Waals surface area contributed by atoms with Gasteiger partial charge in [-0.2, -0.15) is 0 Å². The summed E-state index contributed by atoms with van der Waals surface area (Å²) in [4.78, 5) is 11.7. The van der Waals surface area contributed by atoms with Crippen LogP contribution in [0.1, 0.15) is 85.0 Å². The van der Waals surface area contributed by atoms with E-state index < -0.39 is 5.97 Å². The average molecular weight is 327 g/mol. The highest BCUT2D eigenvalue weighted by Crippen LogP contribution is 2.11. The van der Waals surface area contributed by atoms with Crippen molar-refractivity contribution in [2.24, 2.45) is 5.16 Å². The van der Waals surface area contributed by atoms with Gasteiger partial charge in [0, 0.05) is 6.42 Å². The molecular weight excluding hydrogens is 294 g/mol. The van der Waals surface area contributed by atoms with Crippen LogP contribution in [0.4, 0.5) is 0 Å². The summed E-state index contributed by atoms with van der Waals surface area (Å²) < 4.78 is 10.1. The molecule has 0 saturated carbocycles. The second-order valence-electron chi connectivity index (χ2n) is 5.72. The lowest BCUT2D eigenvalue weighted by Crippen LogP contribution is -2.13. The highest BCUT2D eigenvalue weighted by Gasteiger charge is 2.11. The van der Waals surface area contributed by atoms with Gasteiger partial charge in [0.15, 0.2) is 0 Å². The molecule has 0 aliphatic rings. The van der Waals surface area contributed by atoms with Crippen molar-refractivity contribution in [1.82, 2.24) is 0 Å². The van der Waals surface area contributed by atoms with Crippen LogP contribution in [0.2, 0.25) is 0 Å². The van der Waals surface area contributed by atoms with E-state index in [9.17, 15) is 4.79 Å². The van der Waals surface area contributed by atoms with Gasteiger partial charge in [-0.25, -0.2) is 4.79 Å². The Labute approximate surface area is 140 Å². The molecule has 0 rings (SSSR count). The van der Waals surface area contributed by atoms with Crippen LogP contribution >= 0.6 is 0 Å². The molecule has 0 fully saturated rings. The first-order valence-corrected chi connectivity index (χ1v) is 8.87. The van der Waals surface area contributed by atoms with Gasteiger partial charge in [0.05, 0.1) is 18.4 Å². The van der Waals surface area contributed by atoms with Crippen molar-refractivity contribution in [3.8, 4) is 0 Å². The van der Waals surface area contributed by atoms with Crippen LogP contribution in [-0.2, 0) is 14.3 Å². The normalized spacial score (nSPS) is 12.3. The van der Waals surface area contributed by atoms with Crippen LogP contribution in [-0.4, -0.2) is 23.7 Å². The minimum absolute atomic E-state index is 0.0715. The summed E-state index contributed by atoms with van der Waals surface area (Å²) in [6, 6.07) is 0. The first-order chi connectivity index (χ1) is 11.2. The number of esters is 1. The lowest BCUT2D eigenvalue weighted by atomic mass is 10.1. The van der Waals surface area contributed by atoms with Crippen molar-refractivity contribution >= 4 is 11.9 Å². The molecule has 0 aliphatic carbocycles. The SMILES string of the molecule is CCCCCCCCCCCC(=NO)OC(=O)C(C)=COCC. The molecule has 5 heteroatoms. The Morgan fingerprint density at radius 1 is 1.00 bits per heavy atom. The number of carbonyl (C=O) groups is 1. The summed E-state index contributed by atoms with van der Waals surface area (Å²) in [5.74, 6) is -0.468. The number of unbranched alkanes of at least 4 members (excludes halogenated alkanes) is 8. The topological polar surface area (TPSA) is 68.1 Å². The van der Waals surface area contributed by atoms with E-state index in [1.165, 1.54) is 51.2 Å². The minimum atomic E-state index is -0.540. The minimum Gasteiger partial charge on any atom is -0.501 e. The lowest BCUT2D eigenvalue weighted by Gasteiger charge is -2.06. The van der Waals surface area contributed by atoms with E-state index >= 15 is 0 Å². The number of rotatable bonds is 13. The van der Waals surface area contributed by atoms with Gasteiger partial charge in [-0.05, 0) is 20.3 Å². The molecular formula is C18H33NO4. The molecule has 0 aromatic rings. The molecule has 0 saturated heterocycles. The van der Waals surface area contributed by atoms with Crippen LogP contribution in [0.15, 0.2) is 17.0 Å². The van der Waals surface area contributed by atoms with Crippen LogP contribution in [0.3, 0.4) is 0 Å². The summed E-state index contributed by atoms with van der Waals surface area (Å²) >= 11 is 0. The van der Waals surface area contributed by atoms with Crippen molar-refractivity contribution in [2.75, 3.05) is 6.61 Å². The predicted octanol–water partition coefficient (Wildman–Crippen LogP) is 5.18. The second-order valence-corrected chi connectivity index (χ2v) is 5.72. The van der Waals surface area contributed by atoms with Gasteiger partial charge < -0.3 is 14.7 Å². The van der Waals surface area contributed by atoms with Crippen LogP contribution < -0.4 is 0 Å². The molecule has 5 nitrogen and oxygen atoms in total. The van der Waals surface area contributed by atoms with Crippen molar-refractivity contribution in [1.29, 1.82) is 0 Å². The Bertz CT molecular complexity index is 364. The van der Waals surface area contributed by atoms with E-state index in [1.807, 2.05) is 6.92 Å². The van der Waals surface area contributed by atoms with E-state index in [4.69, 9.17) is 14.7 Å². The van der Waals surface area contributed by atoms with Crippen molar-refractivity contribution in [3.05, 3.63) is 11.8 Å². The Kier molecular flexibility index (Phi) is 14.4. The van der Waals surface area contributed by atoms with E-state index in [0.717, 1.165) is 12.8 Å². The summed E-state index contributed by atoms with van der Waals surface area (Å²) in [7, 11) is 0. The quantitative estimate of drug-likeness (QED) is 0.0739. The average Bonchev–Trinajstić information content (AvgIpc) is 2.56. The molecule has 0 aromatic carbocycles. The number of carbonyl (C=O) groups excluding carboxylic acids is 1. The Hall–Kier alpha value is -1.52. The molecule has 0 atom stereocenters. The lowest BCUT2D eigenvalue weighted by molar-refractivity contribution is -0.131.